The first kappa shape index (κ1) is 12.4. The van der Waals surface area contributed by atoms with Crippen molar-refractivity contribution in [3.8, 4) is 0 Å². The molecule has 0 bridgehead atoms. The lowest BCUT2D eigenvalue weighted by atomic mass is 10.2. The molecule has 0 aliphatic heterocycles. The van der Waals surface area contributed by atoms with Gasteiger partial charge >= 0.3 is 0 Å². The fourth-order valence-corrected chi connectivity index (χ4v) is 2.22. The fourth-order valence-electron chi connectivity index (χ4n) is 1.51. The smallest absolute Gasteiger partial charge is 0.0369 e. The molecule has 0 aliphatic carbocycles. The van der Waals surface area contributed by atoms with Gasteiger partial charge in [0.25, 0.3) is 0 Å². The van der Waals surface area contributed by atoms with Crippen LogP contribution in [0, 0.1) is 0 Å². The zero-order valence-electron chi connectivity index (χ0n) is 9.73. The Kier molecular flexibility index (Phi) is 4.99. The van der Waals surface area contributed by atoms with Crippen LogP contribution in [0.25, 0.3) is 0 Å². The number of thioether (sulfide) groups is 1. The molecule has 15 heavy (non-hydrogen) atoms. The molecule has 0 radical (unpaired) electrons. The Morgan fingerprint density at radius 1 is 1.47 bits per heavy atom. The van der Waals surface area contributed by atoms with Crippen LogP contribution < -0.4 is 10.6 Å². The van der Waals surface area contributed by atoms with Crippen molar-refractivity contribution in [1.29, 1.82) is 0 Å². The molecule has 0 aliphatic rings. The quantitative estimate of drug-likeness (QED) is 0.832. The largest absolute Gasteiger partial charge is 0.371 e. The molecule has 2 nitrogen and oxygen atoms in total. The predicted molar refractivity (Wildman–Crippen MR) is 70.6 cm³/mol. The molecule has 0 fully saturated rings. The third-order valence-corrected chi connectivity index (χ3v) is 3.44. The second-order valence-corrected chi connectivity index (χ2v) is 4.70. The van der Waals surface area contributed by atoms with E-state index >= 15 is 0 Å². The molecule has 1 unspecified atom stereocenters. The van der Waals surface area contributed by atoms with Gasteiger partial charge in [-0.2, -0.15) is 11.8 Å². The summed E-state index contributed by atoms with van der Waals surface area (Å²) in [6.45, 7) is 2.85. The van der Waals surface area contributed by atoms with Gasteiger partial charge in [0.2, 0.25) is 0 Å². The molecule has 0 saturated heterocycles. The Labute approximate surface area is 96.8 Å². The fraction of sp³-hybridized carbons (Fsp3) is 0.500. The monoisotopic (exact) mass is 224 g/mol. The third-order valence-electron chi connectivity index (χ3n) is 2.62. The highest BCUT2D eigenvalue weighted by molar-refractivity contribution is 7.98. The van der Waals surface area contributed by atoms with E-state index in [4.69, 9.17) is 5.73 Å². The van der Waals surface area contributed by atoms with Crippen LogP contribution >= 0.6 is 11.8 Å². The first-order chi connectivity index (χ1) is 7.19. The van der Waals surface area contributed by atoms with E-state index in [1.54, 1.807) is 0 Å². The van der Waals surface area contributed by atoms with Gasteiger partial charge < -0.3 is 10.6 Å². The highest BCUT2D eigenvalue weighted by Gasteiger charge is 2.09. The van der Waals surface area contributed by atoms with Crippen LogP contribution in [0.4, 0.5) is 5.69 Å². The molecule has 1 aromatic rings. The minimum atomic E-state index is 0.549. The van der Waals surface area contributed by atoms with Crippen LogP contribution in [0.3, 0.4) is 0 Å². The van der Waals surface area contributed by atoms with E-state index in [0.717, 1.165) is 5.75 Å². The average molecular weight is 224 g/mol. The van der Waals surface area contributed by atoms with Crippen molar-refractivity contribution < 1.29 is 0 Å². The van der Waals surface area contributed by atoms with Gasteiger partial charge in [0.15, 0.2) is 0 Å². The highest BCUT2D eigenvalue weighted by Crippen LogP contribution is 2.18. The van der Waals surface area contributed by atoms with Gasteiger partial charge in [-0.05, 0) is 30.9 Å². The number of nitrogens with zero attached hydrogens (tertiary/aromatic N) is 1. The molecule has 1 aromatic carbocycles. The van der Waals surface area contributed by atoms with E-state index in [1.807, 2.05) is 11.8 Å². The maximum Gasteiger partial charge on any atom is 0.0369 e. The second kappa shape index (κ2) is 6.03. The number of hydrogen-bond acceptors (Lipinski definition) is 3. The zero-order valence-corrected chi connectivity index (χ0v) is 10.6. The normalized spacial score (nSPS) is 12.5. The maximum absolute atomic E-state index is 5.63. The molecular weight excluding hydrogens is 204 g/mol. The van der Waals surface area contributed by atoms with Crippen molar-refractivity contribution in [3.05, 3.63) is 29.8 Å². The first-order valence-corrected chi connectivity index (χ1v) is 6.59. The Balaban J connectivity index is 2.76. The van der Waals surface area contributed by atoms with E-state index < -0.39 is 0 Å². The van der Waals surface area contributed by atoms with Crippen molar-refractivity contribution in [3.63, 3.8) is 0 Å². The number of benzene rings is 1. The van der Waals surface area contributed by atoms with Gasteiger partial charge in [0.05, 0.1) is 0 Å². The summed E-state index contributed by atoms with van der Waals surface area (Å²) in [5, 5.41) is 0. The van der Waals surface area contributed by atoms with Gasteiger partial charge in [-0.1, -0.05) is 12.1 Å². The van der Waals surface area contributed by atoms with E-state index in [2.05, 4.69) is 49.4 Å². The number of hydrogen-bond donors (Lipinski definition) is 1. The van der Waals surface area contributed by atoms with Crippen molar-refractivity contribution in [2.24, 2.45) is 5.73 Å². The van der Waals surface area contributed by atoms with Crippen molar-refractivity contribution in [1.82, 2.24) is 0 Å². The van der Waals surface area contributed by atoms with Crippen LogP contribution in [0.15, 0.2) is 24.3 Å². The van der Waals surface area contributed by atoms with Crippen LogP contribution in [0.1, 0.15) is 12.5 Å². The van der Waals surface area contributed by atoms with Crippen molar-refractivity contribution in [2.75, 3.05) is 24.0 Å². The molecule has 1 rings (SSSR count). The minimum Gasteiger partial charge on any atom is -0.371 e. The topological polar surface area (TPSA) is 29.3 Å². The summed E-state index contributed by atoms with van der Waals surface area (Å²) in [7, 11) is 2.14. The van der Waals surface area contributed by atoms with Gasteiger partial charge in [-0.15, -0.1) is 0 Å². The Hall–Kier alpha value is -0.670. The summed E-state index contributed by atoms with van der Waals surface area (Å²) in [5.41, 5.74) is 8.07. The number of nitrogens with two attached hydrogens (primary N) is 1. The second-order valence-electron chi connectivity index (χ2n) is 3.79. The van der Waals surface area contributed by atoms with Crippen LogP contribution in [0.5, 0.6) is 0 Å². The summed E-state index contributed by atoms with van der Waals surface area (Å²) in [6.07, 6.45) is 2.14. The lowest BCUT2D eigenvalue weighted by Crippen LogP contribution is -2.30. The van der Waals surface area contributed by atoms with Crippen molar-refractivity contribution >= 4 is 17.4 Å². The molecule has 2 N–H and O–H groups in total. The summed E-state index contributed by atoms with van der Waals surface area (Å²) in [4.78, 5) is 2.30. The van der Waals surface area contributed by atoms with Crippen molar-refractivity contribution in [2.45, 2.75) is 19.5 Å². The molecule has 0 amide bonds. The summed E-state index contributed by atoms with van der Waals surface area (Å²) in [6, 6.07) is 8.98. The van der Waals surface area contributed by atoms with Gasteiger partial charge in [-0.25, -0.2) is 0 Å². The summed E-state index contributed by atoms with van der Waals surface area (Å²) >= 11 is 1.88. The minimum absolute atomic E-state index is 0.549. The Morgan fingerprint density at radius 2 is 2.20 bits per heavy atom. The zero-order chi connectivity index (χ0) is 11.3. The Bertz CT molecular complexity index is 301. The maximum atomic E-state index is 5.63. The molecule has 84 valence electrons. The lowest BCUT2D eigenvalue weighted by molar-refractivity contribution is 0.765. The average Bonchev–Trinajstić information content (AvgIpc) is 2.28. The van der Waals surface area contributed by atoms with Crippen LogP contribution in [-0.2, 0) is 6.54 Å². The standard InChI is InChI=1S/C12H20N2S/c1-10(9-15-3)14(2)12-6-4-5-11(7-12)8-13/h4-7,10H,8-9,13H2,1-3H3. The summed E-state index contributed by atoms with van der Waals surface area (Å²) < 4.78 is 0. The Morgan fingerprint density at radius 3 is 2.80 bits per heavy atom. The van der Waals surface area contributed by atoms with E-state index in [-0.39, 0.29) is 0 Å². The molecule has 0 aromatic heterocycles. The molecular formula is C12H20N2S. The van der Waals surface area contributed by atoms with Gasteiger partial charge in [0.1, 0.15) is 0 Å². The molecule has 1 atom stereocenters. The van der Waals surface area contributed by atoms with E-state index in [0.29, 0.717) is 12.6 Å². The molecule has 3 heteroatoms. The van der Waals surface area contributed by atoms with Gasteiger partial charge in [0, 0.05) is 31.1 Å². The highest BCUT2D eigenvalue weighted by atomic mass is 32.2. The van der Waals surface area contributed by atoms with E-state index in [1.165, 1.54) is 11.3 Å². The SMILES string of the molecule is CSCC(C)N(C)c1cccc(CN)c1. The van der Waals surface area contributed by atoms with Crippen LogP contribution in [-0.4, -0.2) is 25.1 Å². The van der Waals surface area contributed by atoms with E-state index in [9.17, 15) is 0 Å². The van der Waals surface area contributed by atoms with Gasteiger partial charge in [-0.3, -0.25) is 0 Å². The predicted octanol–water partition coefficient (Wildman–Crippen LogP) is 2.33. The molecule has 0 spiro atoms. The number of anilines is 1. The number of rotatable bonds is 5. The molecule has 0 saturated carbocycles. The third kappa shape index (κ3) is 3.43. The molecule has 0 heterocycles. The lowest BCUT2D eigenvalue weighted by Gasteiger charge is -2.26. The van der Waals surface area contributed by atoms with Crippen LogP contribution in [0.2, 0.25) is 0 Å². The summed E-state index contributed by atoms with van der Waals surface area (Å²) in [5.74, 6) is 1.14. The first-order valence-electron chi connectivity index (χ1n) is 5.19.